The summed E-state index contributed by atoms with van der Waals surface area (Å²) < 4.78 is 0. The highest BCUT2D eigenvalue weighted by Gasteiger charge is 2.22. The van der Waals surface area contributed by atoms with Gasteiger partial charge in [-0.05, 0) is 70.2 Å². The van der Waals surface area contributed by atoms with Gasteiger partial charge in [0.2, 0.25) is 0 Å². The highest BCUT2D eigenvalue weighted by atomic mass is 15.1. The Balaban J connectivity index is 2.08. The molecule has 1 aliphatic heterocycles. The first-order valence-electron chi connectivity index (χ1n) is 7.07. The molecule has 0 saturated carbocycles. The Morgan fingerprint density at radius 1 is 1.12 bits per heavy atom. The van der Waals surface area contributed by atoms with Crippen LogP contribution in [0.1, 0.15) is 52.9 Å². The van der Waals surface area contributed by atoms with E-state index < -0.39 is 0 Å². The quantitative estimate of drug-likeness (QED) is 0.701. The standard InChI is InChI=1S/C14H30N2/c1-4-9-15-10-6-12-16-11-5-7-14(2,3)8-13-16/h15H,4-13H2,1-3H3. The lowest BCUT2D eigenvalue weighted by Crippen LogP contribution is -2.29. The summed E-state index contributed by atoms with van der Waals surface area (Å²) in [4.78, 5) is 2.66. The molecule has 2 heteroatoms. The zero-order chi connectivity index (χ0) is 11.9. The third kappa shape index (κ3) is 5.86. The van der Waals surface area contributed by atoms with Crippen molar-refractivity contribution in [2.75, 3.05) is 32.7 Å². The highest BCUT2D eigenvalue weighted by molar-refractivity contribution is 4.76. The number of nitrogens with one attached hydrogen (secondary N) is 1. The molecule has 0 radical (unpaired) electrons. The minimum atomic E-state index is 0.579. The van der Waals surface area contributed by atoms with Gasteiger partial charge in [-0.2, -0.15) is 0 Å². The number of nitrogens with zero attached hydrogens (tertiary/aromatic N) is 1. The topological polar surface area (TPSA) is 15.3 Å². The van der Waals surface area contributed by atoms with Gasteiger partial charge in [-0.15, -0.1) is 0 Å². The minimum Gasteiger partial charge on any atom is -0.317 e. The van der Waals surface area contributed by atoms with Crippen LogP contribution in [0.15, 0.2) is 0 Å². The van der Waals surface area contributed by atoms with Crippen molar-refractivity contribution in [1.82, 2.24) is 10.2 Å². The maximum atomic E-state index is 3.48. The van der Waals surface area contributed by atoms with Gasteiger partial charge in [0.25, 0.3) is 0 Å². The molecule has 1 N–H and O–H groups in total. The average Bonchev–Trinajstić information content (AvgIpc) is 2.40. The Labute approximate surface area is 102 Å². The van der Waals surface area contributed by atoms with Crippen molar-refractivity contribution >= 4 is 0 Å². The molecule has 1 saturated heterocycles. The molecule has 2 nitrogen and oxygen atoms in total. The molecule has 0 unspecified atom stereocenters. The van der Waals surface area contributed by atoms with Crippen molar-refractivity contribution in [3.8, 4) is 0 Å². The first-order chi connectivity index (χ1) is 7.64. The zero-order valence-electron chi connectivity index (χ0n) is 11.5. The van der Waals surface area contributed by atoms with E-state index in [2.05, 4.69) is 31.0 Å². The second-order valence-corrected chi connectivity index (χ2v) is 5.96. The fourth-order valence-corrected chi connectivity index (χ4v) is 2.43. The van der Waals surface area contributed by atoms with Crippen molar-refractivity contribution in [2.45, 2.75) is 52.9 Å². The van der Waals surface area contributed by atoms with Gasteiger partial charge >= 0.3 is 0 Å². The molecule has 0 amide bonds. The highest BCUT2D eigenvalue weighted by Crippen LogP contribution is 2.29. The lowest BCUT2D eigenvalue weighted by atomic mass is 9.85. The van der Waals surface area contributed by atoms with Gasteiger partial charge < -0.3 is 10.2 Å². The van der Waals surface area contributed by atoms with E-state index in [-0.39, 0.29) is 0 Å². The van der Waals surface area contributed by atoms with Crippen LogP contribution >= 0.6 is 0 Å². The molecular formula is C14H30N2. The minimum absolute atomic E-state index is 0.579. The summed E-state index contributed by atoms with van der Waals surface area (Å²) in [6.45, 7) is 13.3. The van der Waals surface area contributed by atoms with Crippen LogP contribution in [-0.2, 0) is 0 Å². The van der Waals surface area contributed by atoms with E-state index in [1.54, 1.807) is 0 Å². The molecule has 96 valence electrons. The monoisotopic (exact) mass is 226 g/mol. The molecule has 0 aliphatic carbocycles. The van der Waals surface area contributed by atoms with Crippen molar-refractivity contribution in [1.29, 1.82) is 0 Å². The second kappa shape index (κ2) is 7.29. The molecule has 0 spiro atoms. The van der Waals surface area contributed by atoms with Crippen LogP contribution in [0.2, 0.25) is 0 Å². The van der Waals surface area contributed by atoms with Gasteiger partial charge in [0.15, 0.2) is 0 Å². The van der Waals surface area contributed by atoms with Crippen molar-refractivity contribution in [3.63, 3.8) is 0 Å². The van der Waals surface area contributed by atoms with Crippen molar-refractivity contribution in [3.05, 3.63) is 0 Å². The first kappa shape index (κ1) is 14.0. The summed E-state index contributed by atoms with van der Waals surface area (Å²) in [6.07, 6.45) is 6.71. The molecule has 1 fully saturated rings. The molecule has 0 aromatic rings. The Morgan fingerprint density at radius 2 is 1.94 bits per heavy atom. The Kier molecular flexibility index (Phi) is 6.37. The molecule has 1 heterocycles. The molecule has 1 rings (SSSR count). The van der Waals surface area contributed by atoms with Crippen LogP contribution in [0.3, 0.4) is 0 Å². The summed E-state index contributed by atoms with van der Waals surface area (Å²) in [7, 11) is 0. The largest absolute Gasteiger partial charge is 0.317 e. The molecule has 16 heavy (non-hydrogen) atoms. The third-order valence-corrected chi connectivity index (χ3v) is 3.69. The van der Waals surface area contributed by atoms with Gasteiger partial charge in [-0.25, -0.2) is 0 Å². The van der Waals surface area contributed by atoms with E-state index in [1.165, 1.54) is 64.8 Å². The molecule has 0 aromatic heterocycles. The zero-order valence-corrected chi connectivity index (χ0v) is 11.5. The van der Waals surface area contributed by atoms with E-state index in [0.29, 0.717) is 5.41 Å². The normalized spacial score (nSPS) is 21.9. The number of hydrogen-bond acceptors (Lipinski definition) is 2. The molecular weight excluding hydrogens is 196 g/mol. The van der Waals surface area contributed by atoms with E-state index in [9.17, 15) is 0 Å². The van der Waals surface area contributed by atoms with E-state index in [0.717, 1.165) is 0 Å². The maximum absolute atomic E-state index is 3.48. The van der Waals surface area contributed by atoms with E-state index >= 15 is 0 Å². The first-order valence-corrected chi connectivity index (χ1v) is 7.07. The van der Waals surface area contributed by atoms with Crippen LogP contribution in [0, 0.1) is 5.41 Å². The lowest BCUT2D eigenvalue weighted by Gasteiger charge is -2.23. The lowest BCUT2D eigenvalue weighted by molar-refractivity contribution is 0.259. The number of likely N-dealkylation sites (tertiary alicyclic amines) is 1. The average molecular weight is 226 g/mol. The van der Waals surface area contributed by atoms with Crippen LogP contribution in [0.4, 0.5) is 0 Å². The van der Waals surface area contributed by atoms with Crippen LogP contribution in [0.25, 0.3) is 0 Å². The number of hydrogen-bond donors (Lipinski definition) is 1. The second-order valence-electron chi connectivity index (χ2n) is 5.96. The van der Waals surface area contributed by atoms with Gasteiger partial charge in [-0.1, -0.05) is 20.8 Å². The summed E-state index contributed by atoms with van der Waals surface area (Å²) >= 11 is 0. The van der Waals surface area contributed by atoms with E-state index in [4.69, 9.17) is 0 Å². The Hall–Kier alpha value is -0.0800. The summed E-state index contributed by atoms with van der Waals surface area (Å²) in [5, 5.41) is 3.48. The van der Waals surface area contributed by atoms with Gasteiger partial charge in [-0.3, -0.25) is 0 Å². The predicted octanol–water partition coefficient (Wildman–Crippen LogP) is 2.89. The Bertz CT molecular complexity index is 178. The fourth-order valence-electron chi connectivity index (χ4n) is 2.43. The van der Waals surface area contributed by atoms with E-state index in [1.807, 2.05) is 0 Å². The summed E-state index contributed by atoms with van der Waals surface area (Å²) in [6, 6.07) is 0. The molecule has 1 aliphatic rings. The van der Waals surface area contributed by atoms with Crippen molar-refractivity contribution in [2.24, 2.45) is 5.41 Å². The summed E-state index contributed by atoms with van der Waals surface area (Å²) in [5.41, 5.74) is 0.579. The summed E-state index contributed by atoms with van der Waals surface area (Å²) in [5.74, 6) is 0. The third-order valence-electron chi connectivity index (χ3n) is 3.69. The fraction of sp³-hybridized carbons (Fsp3) is 1.00. The molecule has 0 aromatic carbocycles. The van der Waals surface area contributed by atoms with Crippen LogP contribution in [-0.4, -0.2) is 37.6 Å². The van der Waals surface area contributed by atoms with Crippen LogP contribution in [0.5, 0.6) is 0 Å². The van der Waals surface area contributed by atoms with Gasteiger partial charge in [0, 0.05) is 0 Å². The maximum Gasteiger partial charge on any atom is -0.000664 e. The smallest absolute Gasteiger partial charge is 0.000664 e. The van der Waals surface area contributed by atoms with Crippen molar-refractivity contribution < 1.29 is 0 Å². The SMILES string of the molecule is CCCNCCCN1CCCC(C)(C)CC1. The predicted molar refractivity (Wildman–Crippen MR) is 71.8 cm³/mol. The molecule has 0 bridgehead atoms. The molecule has 0 atom stereocenters. The van der Waals surface area contributed by atoms with Gasteiger partial charge in [0.1, 0.15) is 0 Å². The van der Waals surface area contributed by atoms with Gasteiger partial charge in [0.05, 0.1) is 0 Å². The number of rotatable bonds is 6. The Morgan fingerprint density at radius 3 is 2.69 bits per heavy atom. The van der Waals surface area contributed by atoms with Crippen LogP contribution < -0.4 is 5.32 Å².